The van der Waals surface area contributed by atoms with Crippen molar-refractivity contribution in [1.82, 2.24) is 4.98 Å². The Bertz CT molecular complexity index is 740. The van der Waals surface area contributed by atoms with Crippen molar-refractivity contribution in [2.45, 2.75) is 25.7 Å². The summed E-state index contributed by atoms with van der Waals surface area (Å²) in [5.41, 5.74) is 0.664. The average molecular weight is 340 g/mol. The third-order valence-corrected chi connectivity index (χ3v) is 4.43. The van der Waals surface area contributed by atoms with Crippen molar-refractivity contribution in [3.05, 3.63) is 48.8 Å². The van der Waals surface area contributed by atoms with Gasteiger partial charge in [0, 0.05) is 30.1 Å². The maximum atomic E-state index is 12.4. The molecule has 0 unspecified atom stereocenters. The topological polar surface area (TPSA) is 88.5 Å². The van der Waals surface area contributed by atoms with E-state index in [-0.39, 0.29) is 17.7 Å². The fraction of sp³-hybridized carbons (Fsp3) is 0.316. The summed E-state index contributed by atoms with van der Waals surface area (Å²) < 4.78 is 5.73. The van der Waals surface area contributed by atoms with Gasteiger partial charge in [0.25, 0.3) is 0 Å². The molecular formula is C19H20N2O4. The summed E-state index contributed by atoms with van der Waals surface area (Å²) >= 11 is 0. The van der Waals surface area contributed by atoms with Gasteiger partial charge < -0.3 is 15.2 Å². The van der Waals surface area contributed by atoms with Crippen LogP contribution in [0.4, 0.5) is 5.69 Å². The van der Waals surface area contributed by atoms with Crippen LogP contribution in [0.25, 0.3) is 0 Å². The Morgan fingerprint density at radius 2 is 1.68 bits per heavy atom. The van der Waals surface area contributed by atoms with Crippen molar-refractivity contribution in [3.63, 3.8) is 0 Å². The van der Waals surface area contributed by atoms with Crippen LogP contribution in [0.2, 0.25) is 0 Å². The van der Waals surface area contributed by atoms with E-state index in [1.807, 2.05) is 12.1 Å². The molecule has 0 aliphatic heterocycles. The fourth-order valence-electron chi connectivity index (χ4n) is 3.03. The number of nitrogens with zero attached hydrogens (tertiary/aromatic N) is 1. The highest BCUT2D eigenvalue weighted by molar-refractivity contribution is 5.92. The first-order valence-corrected chi connectivity index (χ1v) is 8.33. The summed E-state index contributed by atoms with van der Waals surface area (Å²) in [5, 5.41) is 11.9. The van der Waals surface area contributed by atoms with Gasteiger partial charge in [0.15, 0.2) is 0 Å². The summed E-state index contributed by atoms with van der Waals surface area (Å²) in [6, 6.07) is 10.7. The van der Waals surface area contributed by atoms with E-state index in [0.29, 0.717) is 42.9 Å². The van der Waals surface area contributed by atoms with Crippen LogP contribution in [-0.2, 0) is 9.59 Å². The number of ether oxygens (including phenoxy) is 1. The molecule has 6 nitrogen and oxygen atoms in total. The molecule has 1 saturated carbocycles. The molecule has 0 radical (unpaired) electrons. The number of aliphatic carboxylic acids is 1. The number of pyridine rings is 1. The molecule has 1 fully saturated rings. The molecule has 25 heavy (non-hydrogen) atoms. The first-order valence-electron chi connectivity index (χ1n) is 8.33. The molecule has 130 valence electrons. The number of aromatic nitrogens is 1. The highest BCUT2D eigenvalue weighted by Crippen LogP contribution is 2.30. The largest absolute Gasteiger partial charge is 0.481 e. The van der Waals surface area contributed by atoms with E-state index in [9.17, 15) is 9.59 Å². The maximum Gasteiger partial charge on any atom is 0.306 e. The third-order valence-electron chi connectivity index (χ3n) is 4.43. The quantitative estimate of drug-likeness (QED) is 0.866. The van der Waals surface area contributed by atoms with Crippen molar-refractivity contribution in [2.75, 3.05) is 5.32 Å². The Morgan fingerprint density at radius 1 is 1.00 bits per heavy atom. The Kier molecular flexibility index (Phi) is 5.28. The Labute approximate surface area is 145 Å². The molecule has 1 amide bonds. The lowest BCUT2D eigenvalue weighted by atomic mass is 9.81. The highest BCUT2D eigenvalue weighted by atomic mass is 16.5. The van der Waals surface area contributed by atoms with E-state index in [4.69, 9.17) is 9.84 Å². The summed E-state index contributed by atoms with van der Waals surface area (Å²) in [5.74, 6) is 0.00953. The van der Waals surface area contributed by atoms with E-state index in [1.165, 1.54) is 0 Å². The van der Waals surface area contributed by atoms with E-state index in [1.54, 1.807) is 36.7 Å². The third kappa shape index (κ3) is 4.56. The molecule has 3 rings (SSSR count). The molecule has 1 heterocycles. The number of amides is 1. The second kappa shape index (κ2) is 7.79. The number of anilines is 1. The van der Waals surface area contributed by atoms with Crippen LogP contribution in [0.1, 0.15) is 25.7 Å². The second-order valence-corrected chi connectivity index (χ2v) is 6.19. The molecule has 0 bridgehead atoms. The number of nitrogens with one attached hydrogen (secondary N) is 1. The van der Waals surface area contributed by atoms with Crippen LogP contribution in [0.15, 0.2) is 48.8 Å². The highest BCUT2D eigenvalue weighted by Gasteiger charge is 2.29. The van der Waals surface area contributed by atoms with Crippen molar-refractivity contribution in [1.29, 1.82) is 0 Å². The van der Waals surface area contributed by atoms with E-state index < -0.39 is 5.97 Å². The van der Waals surface area contributed by atoms with Gasteiger partial charge in [-0.05, 0) is 49.9 Å². The standard InChI is InChI=1S/C19H20N2O4/c22-18(13-4-6-14(7-5-13)19(23)24)21-15-2-1-3-17(12-15)25-16-8-10-20-11-9-16/h1-3,8-14H,4-7H2,(H,21,22)(H,23,24). The van der Waals surface area contributed by atoms with Gasteiger partial charge in [-0.25, -0.2) is 0 Å². The predicted molar refractivity (Wildman–Crippen MR) is 92.5 cm³/mol. The normalized spacial score (nSPS) is 19.8. The van der Waals surface area contributed by atoms with Crippen molar-refractivity contribution < 1.29 is 19.4 Å². The minimum absolute atomic E-state index is 0.0649. The summed E-state index contributed by atoms with van der Waals surface area (Å²) in [4.78, 5) is 27.3. The van der Waals surface area contributed by atoms with E-state index >= 15 is 0 Å². The molecule has 0 spiro atoms. The zero-order valence-electron chi connectivity index (χ0n) is 13.7. The number of carboxylic acid groups (broad SMARTS) is 1. The molecule has 2 aromatic rings. The number of rotatable bonds is 5. The van der Waals surface area contributed by atoms with Gasteiger partial charge in [-0.3, -0.25) is 14.6 Å². The van der Waals surface area contributed by atoms with Gasteiger partial charge in [-0.2, -0.15) is 0 Å². The lowest BCUT2D eigenvalue weighted by Crippen LogP contribution is -2.29. The Balaban J connectivity index is 1.58. The number of hydrogen-bond donors (Lipinski definition) is 2. The smallest absolute Gasteiger partial charge is 0.306 e. The van der Waals surface area contributed by atoms with Crippen LogP contribution in [-0.4, -0.2) is 22.0 Å². The first kappa shape index (κ1) is 17.0. The summed E-state index contributed by atoms with van der Waals surface area (Å²) in [7, 11) is 0. The van der Waals surface area contributed by atoms with Gasteiger partial charge in [0.1, 0.15) is 11.5 Å². The number of carbonyl (C=O) groups is 2. The van der Waals surface area contributed by atoms with Gasteiger partial charge in [0.05, 0.1) is 5.92 Å². The molecule has 2 N–H and O–H groups in total. The molecule has 1 aromatic heterocycles. The number of carboxylic acids is 1. The van der Waals surface area contributed by atoms with Crippen LogP contribution in [0.3, 0.4) is 0 Å². The fourth-order valence-corrected chi connectivity index (χ4v) is 3.03. The molecule has 1 aliphatic rings. The Morgan fingerprint density at radius 3 is 2.36 bits per heavy atom. The molecule has 1 aromatic carbocycles. The first-order chi connectivity index (χ1) is 12.1. The molecule has 6 heteroatoms. The SMILES string of the molecule is O=C(O)C1CCC(C(=O)Nc2cccc(Oc3ccncc3)c2)CC1. The monoisotopic (exact) mass is 340 g/mol. The van der Waals surface area contributed by atoms with Crippen LogP contribution < -0.4 is 10.1 Å². The molecule has 0 saturated heterocycles. The van der Waals surface area contributed by atoms with Crippen molar-refractivity contribution in [3.8, 4) is 11.5 Å². The summed E-state index contributed by atoms with van der Waals surface area (Å²) in [6.07, 6.45) is 5.62. The zero-order chi connectivity index (χ0) is 17.6. The number of hydrogen-bond acceptors (Lipinski definition) is 4. The zero-order valence-corrected chi connectivity index (χ0v) is 13.7. The van der Waals surface area contributed by atoms with Crippen molar-refractivity contribution in [2.24, 2.45) is 11.8 Å². The van der Waals surface area contributed by atoms with Crippen molar-refractivity contribution >= 4 is 17.6 Å². The number of benzene rings is 1. The average Bonchev–Trinajstić information content (AvgIpc) is 2.63. The van der Waals surface area contributed by atoms with E-state index in [2.05, 4.69) is 10.3 Å². The lowest BCUT2D eigenvalue weighted by molar-refractivity contribution is -0.143. The van der Waals surface area contributed by atoms with Gasteiger partial charge >= 0.3 is 5.97 Å². The maximum absolute atomic E-state index is 12.4. The predicted octanol–water partition coefficient (Wildman–Crippen LogP) is 3.70. The minimum Gasteiger partial charge on any atom is -0.481 e. The van der Waals surface area contributed by atoms with Gasteiger partial charge in [-0.15, -0.1) is 0 Å². The van der Waals surface area contributed by atoms with E-state index in [0.717, 1.165) is 0 Å². The van der Waals surface area contributed by atoms with Gasteiger partial charge in [0.2, 0.25) is 5.91 Å². The minimum atomic E-state index is -0.764. The summed E-state index contributed by atoms with van der Waals surface area (Å²) in [6.45, 7) is 0. The lowest BCUT2D eigenvalue weighted by Gasteiger charge is -2.25. The molecule has 1 aliphatic carbocycles. The molecule has 0 atom stereocenters. The number of carbonyl (C=O) groups excluding carboxylic acids is 1. The van der Waals surface area contributed by atoms with Crippen LogP contribution >= 0.6 is 0 Å². The second-order valence-electron chi connectivity index (χ2n) is 6.19. The van der Waals surface area contributed by atoms with Gasteiger partial charge in [-0.1, -0.05) is 6.07 Å². The Hall–Kier alpha value is -2.89. The van der Waals surface area contributed by atoms with Crippen LogP contribution in [0.5, 0.6) is 11.5 Å². The molecular weight excluding hydrogens is 320 g/mol. The van der Waals surface area contributed by atoms with Crippen LogP contribution in [0, 0.1) is 11.8 Å².